The second kappa shape index (κ2) is 4.22. The molecule has 1 aliphatic rings. The third-order valence-corrected chi connectivity index (χ3v) is 2.65. The van der Waals surface area contributed by atoms with Crippen molar-refractivity contribution in [3.8, 4) is 0 Å². The Balaban J connectivity index is 2.34. The number of rotatable bonds is 2. The largest absolute Gasteiger partial charge is 0.303 e. The third kappa shape index (κ3) is 2.74. The Labute approximate surface area is 74.9 Å². The average Bonchev–Trinajstić information content (AvgIpc) is 1.94. The molecule has 0 radical (unpaired) electrons. The molecular formula is C10H20FN. The van der Waals surface area contributed by atoms with Gasteiger partial charge in [-0.05, 0) is 38.3 Å². The van der Waals surface area contributed by atoms with E-state index in [-0.39, 0.29) is 0 Å². The minimum absolute atomic E-state index is 0.321. The molecule has 1 aliphatic heterocycles. The van der Waals surface area contributed by atoms with Crippen molar-refractivity contribution in [3.05, 3.63) is 0 Å². The van der Waals surface area contributed by atoms with Gasteiger partial charge >= 0.3 is 0 Å². The highest BCUT2D eigenvalue weighted by Gasteiger charge is 2.27. The van der Waals surface area contributed by atoms with Crippen LogP contribution >= 0.6 is 0 Å². The molecule has 0 saturated carbocycles. The summed E-state index contributed by atoms with van der Waals surface area (Å²) in [4.78, 5) is 2.08. The average molecular weight is 173 g/mol. The van der Waals surface area contributed by atoms with E-state index in [0.717, 1.165) is 19.4 Å². The smallest absolute Gasteiger partial charge is 0.116 e. The highest BCUT2D eigenvalue weighted by molar-refractivity contribution is 4.79. The second-order valence-electron chi connectivity index (χ2n) is 4.46. The van der Waals surface area contributed by atoms with Gasteiger partial charge < -0.3 is 4.90 Å². The second-order valence-corrected chi connectivity index (χ2v) is 4.46. The third-order valence-electron chi connectivity index (χ3n) is 2.65. The quantitative estimate of drug-likeness (QED) is 0.619. The van der Waals surface area contributed by atoms with E-state index < -0.39 is 6.17 Å². The van der Waals surface area contributed by atoms with Crippen molar-refractivity contribution in [2.45, 2.75) is 32.9 Å². The zero-order valence-corrected chi connectivity index (χ0v) is 8.39. The number of halogens is 1. The maximum Gasteiger partial charge on any atom is 0.116 e. The van der Waals surface area contributed by atoms with Crippen LogP contribution < -0.4 is 0 Å². The van der Waals surface area contributed by atoms with E-state index in [1.54, 1.807) is 0 Å². The zero-order valence-electron chi connectivity index (χ0n) is 8.39. The predicted molar refractivity (Wildman–Crippen MR) is 50.0 cm³/mol. The molecule has 0 bridgehead atoms. The van der Waals surface area contributed by atoms with Gasteiger partial charge in [-0.1, -0.05) is 13.8 Å². The van der Waals surface area contributed by atoms with E-state index in [4.69, 9.17) is 0 Å². The maximum atomic E-state index is 13.4. The van der Waals surface area contributed by atoms with E-state index in [1.165, 1.54) is 0 Å². The van der Waals surface area contributed by atoms with Crippen LogP contribution in [0, 0.1) is 11.8 Å². The van der Waals surface area contributed by atoms with E-state index in [9.17, 15) is 4.39 Å². The molecule has 2 heteroatoms. The fourth-order valence-electron chi connectivity index (χ4n) is 1.98. The first-order chi connectivity index (χ1) is 5.59. The molecule has 2 atom stereocenters. The van der Waals surface area contributed by atoms with Crippen molar-refractivity contribution in [2.75, 3.05) is 20.1 Å². The summed E-state index contributed by atoms with van der Waals surface area (Å²) in [6.45, 7) is 6.05. The van der Waals surface area contributed by atoms with Gasteiger partial charge in [-0.15, -0.1) is 0 Å². The fourth-order valence-corrected chi connectivity index (χ4v) is 1.98. The Kier molecular flexibility index (Phi) is 3.51. The lowest BCUT2D eigenvalue weighted by molar-refractivity contribution is 0.0896. The molecule has 72 valence electrons. The summed E-state index contributed by atoms with van der Waals surface area (Å²) < 4.78 is 13.4. The Morgan fingerprint density at radius 3 is 2.67 bits per heavy atom. The van der Waals surface area contributed by atoms with Gasteiger partial charge in [-0.3, -0.25) is 0 Å². The molecule has 0 aromatic heterocycles. The maximum absolute atomic E-state index is 13.4. The van der Waals surface area contributed by atoms with Crippen LogP contribution in [-0.4, -0.2) is 31.2 Å². The first-order valence-electron chi connectivity index (χ1n) is 4.92. The molecule has 0 spiro atoms. The van der Waals surface area contributed by atoms with Crippen molar-refractivity contribution in [1.82, 2.24) is 4.90 Å². The molecule has 0 amide bonds. The minimum atomic E-state index is -0.592. The predicted octanol–water partition coefficient (Wildman–Crippen LogP) is 2.32. The van der Waals surface area contributed by atoms with Crippen LogP contribution in [0.1, 0.15) is 26.7 Å². The minimum Gasteiger partial charge on any atom is -0.303 e. The van der Waals surface area contributed by atoms with E-state index in [1.807, 2.05) is 7.05 Å². The normalized spacial score (nSPS) is 32.8. The summed E-state index contributed by atoms with van der Waals surface area (Å²) in [5.41, 5.74) is 0. The first-order valence-corrected chi connectivity index (χ1v) is 4.92. The van der Waals surface area contributed by atoms with Crippen molar-refractivity contribution >= 4 is 0 Å². The molecule has 0 aromatic carbocycles. The Morgan fingerprint density at radius 2 is 2.17 bits per heavy atom. The number of alkyl halides is 1. The lowest BCUT2D eigenvalue weighted by Gasteiger charge is -2.33. The summed E-state index contributed by atoms with van der Waals surface area (Å²) in [5, 5.41) is 0. The van der Waals surface area contributed by atoms with Crippen LogP contribution in [0.2, 0.25) is 0 Å². The SMILES string of the molecule is CC(C)CC1CCN(C)CC1F. The van der Waals surface area contributed by atoms with Gasteiger partial charge in [0.2, 0.25) is 0 Å². The number of likely N-dealkylation sites (tertiary alicyclic amines) is 1. The Bertz CT molecular complexity index is 136. The lowest BCUT2D eigenvalue weighted by atomic mass is 9.87. The standard InChI is InChI=1S/C10H20FN/c1-8(2)6-9-4-5-12(3)7-10(9)11/h8-10H,4-7H2,1-3H3. The van der Waals surface area contributed by atoms with Gasteiger partial charge in [-0.2, -0.15) is 0 Å². The molecule has 0 aromatic rings. The summed E-state index contributed by atoms with van der Waals surface area (Å²) in [7, 11) is 2.00. The summed E-state index contributed by atoms with van der Waals surface area (Å²) in [5.74, 6) is 0.956. The van der Waals surface area contributed by atoms with Crippen LogP contribution in [0.5, 0.6) is 0 Å². The van der Waals surface area contributed by atoms with Gasteiger partial charge in [0.15, 0.2) is 0 Å². The Morgan fingerprint density at radius 1 is 1.50 bits per heavy atom. The fraction of sp³-hybridized carbons (Fsp3) is 1.00. The summed E-state index contributed by atoms with van der Waals surface area (Å²) in [6.07, 6.45) is 1.50. The lowest BCUT2D eigenvalue weighted by Crippen LogP contribution is -2.39. The van der Waals surface area contributed by atoms with Gasteiger partial charge in [0.1, 0.15) is 6.17 Å². The molecular weight excluding hydrogens is 153 g/mol. The van der Waals surface area contributed by atoms with Gasteiger partial charge in [0.25, 0.3) is 0 Å². The molecule has 1 nitrogen and oxygen atoms in total. The monoisotopic (exact) mass is 173 g/mol. The van der Waals surface area contributed by atoms with Crippen LogP contribution in [0.4, 0.5) is 4.39 Å². The van der Waals surface area contributed by atoms with Crippen molar-refractivity contribution in [2.24, 2.45) is 11.8 Å². The molecule has 12 heavy (non-hydrogen) atoms. The molecule has 1 fully saturated rings. The van der Waals surface area contributed by atoms with Gasteiger partial charge in [0.05, 0.1) is 0 Å². The summed E-state index contributed by atoms with van der Waals surface area (Å²) >= 11 is 0. The molecule has 2 unspecified atom stereocenters. The van der Waals surface area contributed by atoms with Crippen molar-refractivity contribution in [3.63, 3.8) is 0 Å². The molecule has 1 heterocycles. The van der Waals surface area contributed by atoms with Crippen molar-refractivity contribution < 1.29 is 4.39 Å². The molecule has 1 rings (SSSR count). The number of hydrogen-bond donors (Lipinski definition) is 0. The van der Waals surface area contributed by atoms with Crippen LogP contribution in [0.3, 0.4) is 0 Å². The topological polar surface area (TPSA) is 3.24 Å². The highest BCUT2D eigenvalue weighted by atomic mass is 19.1. The van der Waals surface area contributed by atoms with Crippen LogP contribution in [0.25, 0.3) is 0 Å². The number of nitrogens with zero attached hydrogens (tertiary/aromatic N) is 1. The Hall–Kier alpha value is -0.110. The van der Waals surface area contributed by atoms with Gasteiger partial charge in [0, 0.05) is 6.54 Å². The number of piperidine rings is 1. The first kappa shape index (κ1) is 9.97. The zero-order chi connectivity index (χ0) is 9.14. The van der Waals surface area contributed by atoms with Crippen LogP contribution in [-0.2, 0) is 0 Å². The molecule has 1 saturated heterocycles. The van der Waals surface area contributed by atoms with Crippen molar-refractivity contribution in [1.29, 1.82) is 0 Å². The van der Waals surface area contributed by atoms with E-state index in [0.29, 0.717) is 18.4 Å². The number of hydrogen-bond acceptors (Lipinski definition) is 1. The molecule has 0 aliphatic carbocycles. The highest BCUT2D eigenvalue weighted by Crippen LogP contribution is 2.25. The van der Waals surface area contributed by atoms with Crippen LogP contribution in [0.15, 0.2) is 0 Å². The van der Waals surface area contributed by atoms with Gasteiger partial charge in [-0.25, -0.2) is 4.39 Å². The van der Waals surface area contributed by atoms with E-state index in [2.05, 4.69) is 18.7 Å². The molecule has 0 N–H and O–H groups in total. The van der Waals surface area contributed by atoms with E-state index >= 15 is 0 Å². The summed E-state index contributed by atoms with van der Waals surface area (Å²) in [6, 6.07) is 0.